The highest BCUT2D eigenvalue weighted by Gasteiger charge is 2.34. The Balaban J connectivity index is 1.41. The fraction of sp³-hybridized carbons (Fsp3) is 0.440. The van der Waals surface area contributed by atoms with Crippen LogP contribution in [0.5, 0.6) is 0 Å². The lowest BCUT2D eigenvalue weighted by Gasteiger charge is -2.40. The molecule has 186 valence electrons. The summed E-state index contributed by atoms with van der Waals surface area (Å²) < 4.78 is 5.37. The second-order valence-corrected chi connectivity index (χ2v) is 9.77. The fourth-order valence-electron chi connectivity index (χ4n) is 4.60. The second kappa shape index (κ2) is 10.5. The van der Waals surface area contributed by atoms with E-state index >= 15 is 0 Å². The van der Waals surface area contributed by atoms with Gasteiger partial charge in [0.15, 0.2) is 0 Å². The highest BCUT2D eigenvalue weighted by Crippen LogP contribution is 2.33. The number of carbonyl (C=O) groups is 3. The van der Waals surface area contributed by atoms with Crippen molar-refractivity contribution in [3.63, 3.8) is 0 Å². The van der Waals surface area contributed by atoms with Gasteiger partial charge in [-0.3, -0.25) is 14.5 Å². The van der Waals surface area contributed by atoms with Gasteiger partial charge in [0, 0.05) is 30.9 Å². The average molecular weight is 500 g/mol. The van der Waals surface area contributed by atoms with E-state index in [9.17, 15) is 14.4 Å². The van der Waals surface area contributed by atoms with Crippen LogP contribution < -0.4 is 20.9 Å². The molecule has 1 atom stereocenters. The van der Waals surface area contributed by atoms with Crippen molar-refractivity contribution >= 4 is 41.0 Å². The van der Waals surface area contributed by atoms with Crippen molar-refractivity contribution in [3.8, 4) is 0 Å². The van der Waals surface area contributed by atoms with Crippen LogP contribution in [0.4, 0.5) is 16.3 Å². The molecule has 9 nitrogen and oxygen atoms in total. The monoisotopic (exact) mass is 499 g/mol. The van der Waals surface area contributed by atoms with E-state index in [1.54, 1.807) is 11.0 Å². The van der Waals surface area contributed by atoms with Crippen LogP contribution in [0.3, 0.4) is 0 Å². The van der Waals surface area contributed by atoms with Crippen LogP contribution in [0.2, 0.25) is 5.02 Å². The Hall–Kier alpha value is -3.33. The van der Waals surface area contributed by atoms with E-state index in [4.69, 9.17) is 22.1 Å². The van der Waals surface area contributed by atoms with E-state index in [0.717, 1.165) is 24.1 Å². The van der Waals surface area contributed by atoms with Crippen molar-refractivity contribution in [2.75, 3.05) is 22.9 Å². The van der Waals surface area contributed by atoms with Gasteiger partial charge in [0.05, 0.1) is 16.3 Å². The number of anilines is 2. The lowest BCUT2D eigenvalue weighted by Crippen LogP contribution is -2.49. The molecule has 2 aromatic rings. The maximum absolute atomic E-state index is 12.6. The number of nitrogens with two attached hydrogens (primary N) is 1. The summed E-state index contributed by atoms with van der Waals surface area (Å²) in [5, 5.41) is 3.02. The minimum atomic E-state index is -0.758. The molecule has 1 aromatic heterocycles. The van der Waals surface area contributed by atoms with Crippen LogP contribution >= 0.6 is 11.6 Å². The lowest BCUT2D eigenvalue weighted by atomic mass is 10.0. The number of primary amides is 1. The number of fused-ring (bicyclic) bond motifs is 1. The number of amides is 3. The molecule has 4 rings (SSSR count). The van der Waals surface area contributed by atoms with Gasteiger partial charge >= 0.3 is 6.09 Å². The number of carbonyl (C=O) groups excluding carboxylic acids is 3. The molecule has 35 heavy (non-hydrogen) atoms. The topological polar surface area (TPSA) is 118 Å². The Labute approximate surface area is 209 Å². The number of hydrogen-bond acceptors (Lipinski definition) is 6. The number of benzene rings is 1. The van der Waals surface area contributed by atoms with Gasteiger partial charge in [-0.25, -0.2) is 9.78 Å². The zero-order chi connectivity index (χ0) is 25.1. The van der Waals surface area contributed by atoms with E-state index in [1.165, 1.54) is 6.20 Å². The molecule has 0 bridgehead atoms. The van der Waals surface area contributed by atoms with Gasteiger partial charge in [-0.15, -0.1) is 0 Å². The minimum absolute atomic E-state index is 0.00992. The number of pyridine rings is 1. The van der Waals surface area contributed by atoms with Gasteiger partial charge in [-0.1, -0.05) is 43.6 Å². The van der Waals surface area contributed by atoms with E-state index in [0.29, 0.717) is 37.0 Å². The third kappa shape index (κ3) is 5.51. The van der Waals surface area contributed by atoms with Gasteiger partial charge in [0.2, 0.25) is 5.91 Å². The molecular weight excluding hydrogens is 470 g/mol. The summed E-state index contributed by atoms with van der Waals surface area (Å²) in [6, 6.07) is 8.59. The maximum atomic E-state index is 12.6. The van der Waals surface area contributed by atoms with Crippen LogP contribution in [0, 0.1) is 5.92 Å². The Morgan fingerprint density at radius 1 is 1.26 bits per heavy atom. The van der Waals surface area contributed by atoms with Crippen molar-refractivity contribution < 1.29 is 19.1 Å². The summed E-state index contributed by atoms with van der Waals surface area (Å²) in [5.74, 6) is -0.251. The van der Waals surface area contributed by atoms with Crippen molar-refractivity contribution in [2.45, 2.75) is 51.8 Å². The van der Waals surface area contributed by atoms with E-state index < -0.39 is 17.9 Å². The minimum Gasteiger partial charge on any atom is -0.444 e. The number of nitrogens with zero attached hydrogens (tertiary/aromatic N) is 3. The summed E-state index contributed by atoms with van der Waals surface area (Å²) in [6.45, 7) is 5.48. The first-order valence-electron chi connectivity index (χ1n) is 11.8. The molecular formula is C25H30ClN5O4. The predicted molar refractivity (Wildman–Crippen MR) is 133 cm³/mol. The summed E-state index contributed by atoms with van der Waals surface area (Å²) >= 11 is 6.51. The number of piperidine rings is 1. The standard InChI is InChI=1S/C25H30ClN5O4/c1-15(2)11-20(22(27)32)29-24(33)17-12-19(26)23(28-13-17)30-9-7-18(8-10-30)31-21-6-4-3-5-16(21)14-35-25(31)34/h3-6,12-13,15,18,20H,7-11,14H2,1-2H3,(H2,27,32)(H,29,33)/t20-/m1/s1. The number of hydrogen-bond donors (Lipinski definition) is 2. The highest BCUT2D eigenvalue weighted by atomic mass is 35.5. The van der Waals surface area contributed by atoms with Gasteiger partial charge < -0.3 is 20.7 Å². The van der Waals surface area contributed by atoms with Crippen molar-refractivity contribution in [3.05, 3.63) is 52.7 Å². The normalized spacial score (nSPS) is 17.1. The first-order valence-corrected chi connectivity index (χ1v) is 12.2. The molecule has 0 saturated carbocycles. The summed E-state index contributed by atoms with van der Waals surface area (Å²) in [7, 11) is 0. The van der Waals surface area contributed by atoms with Gasteiger partial charge in [-0.05, 0) is 37.3 Å². The summed E-state index contributed by atoms with van der Waals surface area (Å²) in [4.78, 5) is 45.1. The maximum Gasteiger partial charge on any atom is 0.414 e. The number of halogens is 1. The number of cyclic esters (lactones) is 1. The third-order valence-corrected chi connectivity index (χ3v) is 6.65. The summed E-state index contributed by atoms with van der Waals surface area (Å²) in [6.07, 6.45) is 3.03. The zero-order valence-electron chi connectivity index (χ0n) is 19.9. The predicted octanol–water partition coefficient (Wildman–Crippen LogP) is 3.49. The number of para-hydroxylation sites is 1. The van der Waals surface area contributed by atoms with E-state index in [2.05, 4.69) is 10.3 Å². The van der Waals surface area contributed by atoms with Gasteiger partial charge in [0.1, 0.15) is 18.5 Å². The smallest absolute Gasteiger partial charge is 0.414 e. The lowest BCUT2D eigenvalue weighted by molar-refractivity contribution is -0.120. The molecule has 0 spiro atoms. The molecule has 1 fully saturated rings. The largest absolute Gasteiger partial charge is 0.444 e. The second-order valence-electron chi connectivity index (χ2n) is 9.36. The van der Waals surface area contributed by atoms with Crippen molar-refractivity contribution in [1.82, 2.24) is 10.3 Å². The fourth-order valence-corrected chi connectivity index (χ4v) is 4.89. The molecule has 3 amide bonds. The Kier molecular flexibility index (Phi) is 7.45. The summed E-state index contributed by atoms with van der Waals surface area (Å²) in [5.41, 5.74) is 7.59. The van der Waals surface area contributed by atoms with Crippen LogP contribution in [0.15, 0.2) is 36.5 Å². The molecule has 10 heteroatoms. The first kappa shape index (κ1) is 24.8. The quantitative estimate of drug-likeness (QED) is 0.602. The molecule has 1 aromatic carbocycles. The van der Waals surface area contributed by atoms with Crippen LogP contribution in [-0.4, -0.2) is 48.1 Å². The van der Waals surface area contributed by atoms with Crippen LogP contribution in [-0.2, 0) is 16.1 Å². The molecule has 2 aliphatic heterocycles. The molecule has 3 heterocycles. The first-order chi connectivity index (χ1) is 16.7. The van der Waals surface area contributed by atoms with E-state index in [-0.39, 0.29) is 23.6 Å². The van der Waals surface area contributed by atoms with Gasteiger partial charge in [-0.2, -0.15) is 0 Å². The Bertz CT molecular complexity index is 1120. The average Bonchev–Trinajstić information content (AvgIpc) is 2.83. The highest BCUT2D eigenvalue weighted by molar-refractivity contribution is 6.33. The molecule has 2 aliphatic rings. The number of aromatic nitrogens is 1. The van der Waals surface area contributed by atoms with Crippen LogP contribution in [0.1, 0.15) is 49.0 Å². The zero-order valence-corrected chi connectivity index (χ0v) is 20.6. The number of rotatable bonds is 7. The van der Waals surface area contributed by atoms with Crippen molar-refractivity contribution in [1.29, 1.82) is 0 Å². The molecule has 1 saturated heterocycles. The van der Waals surface area contributed by atoms with Gasteiger partial charge in [0.25, 0.3) is 5.91 Å². The third-order valence-electron chi connectivity index (χ3n) is 6.37. The van der Waals surface area contributed by atoms with Crippen molar-refractivity contribution in [2.24, 2.45) is 11.7 Å². The number of ether oxygens (including phenoxy) is 1. The SMILES string of the molecule is CC(C)C[C@@H](NC(=O)c1cnc(N2CCC(N3C(=O)OCc4ccccc43)CC2)c(Cl)c1)C(N)=O. The molecule has 3 N–H and O–H groups in total. The van der Waals surface area contributed by atoms with E-state index in [1.807, 2.05) is 43.0 Å². The Morgan fingerprint density at radius 3 is 2.63 bits per heavy atom. The molecule has 0 aliphatic carbocycles. The Morgan fingerprint density at radius 2 is 1.97 bits per heavy atom. The van der Waals surface area contributed by atoms with Crippen LogP contribution in [0.25, 0.3) is 0 Å². The molecule has 0 radical (unpaired) electrons. The number of nitrogens with one attached hydrogen (secondary N) is 1. The molecule has 0 unspecified atom stereocenters.